The number of nitrogens with one attached hydrogen (secondary N) is 1. The fourth-order valence-electron chi connectivity index (χ4n) is 2.18. The molecule has 1 unspecified atom stereocenters. The molecule has 0 radical (unpaired) electrons. The number of aromatic nitrogens is 2. The summed E-state index contributed by atoms with van der Waals surface area (Å²) >= 11 is 0. The number of nitrogens with zero attached hydrogens (tertiary/aromatic N) is 3. The quantitative estimate of drug-likeness (QED) is 0.859. The Balaban J connectivity index is 1.95. The van der Waals surface area contributed by atoms with Crippen LogP contribution in [0.2, 0.25) is 0 Å². The van der Waals surface area contributed by atoms with Crippen LogP contribution in [0.3, 0.4) is 0 Å². The SMILES string of the molecule is O=C(O)C1CCCN(C(=O)Nc2ccnc(OCC(F)(F)F)n2)C1. The van der Waals surface area contributed by atoms with Gasteiger partial charge in [-0.15, -0.1) is 0 Å². The van der Waals surface area contributed by atoms with Crippen molar-refractivity contribution in [2.45, 2.75) is 19.0 Å². The summed E-state index contributed by atoms with van der Waals surface area (Å²) in [5.74, 6) is -1.65. The van der Waals surface area contributed by atoms with Crippen LogP contribution < -0.4 is 10.1 Å². The van der Waals surface area contributed by atoms with E-state index in [1.165, 1.54) is 11.0 Å². The number of urea groups is 1. The van der Waals surface area contributed by atoms with Crippen molar-refractivity contribution in [2.24, 2.45) is 5.92 Å². The van der Waals surface area contributed by atoms with Gasteiger partial charge in [-0.2, -0.15) is 18.2 Å². The van der Waals surface area contributed by atoms with Crippen molar-refractivity contribution in [1.29, 1.82) is 0 Å². The van der Waals surface area contributed by atoms with Gasteiger partial charge in [0, 0.05) is 19.3 Å². The van der Waals surface area contributed by atoms with Gasteiger partial charge in [-0.05, 0) is 18.9 Å². The van der Waals surface area contributed by atoms with Crippen LogP contribution in [0.1, 0.15) is 12.8 Å². The predicted molar refractivity (Wildman–Crippen MR) is 74.5 cm³/mol. The number of likely N-dealkylation sites (tertiary alicyclic amines) is 1. The minimum Gasteiger partial charge on any atom is -0.481 e. The van der Waals surface area contributed by atoms with Crippen LogP contribution in [0.25, 0.3) is 0 Å². The topological polar surface area (TPSA) is 105 Å². The average molecular weight is 348 g/mol. The predicted octanol–water partition coefficient (Wildman–Crippen LogP) is 1.75. The summed E-state index contributed by atoms with van der Waals surface area (Å²) in [5.41, 5.74) is 0. The summed E-state index contributed by atoms with van der Waals surface area (Å²) in [6, 6.07) is 0.186. The van der Waals surface area contributed by atoms with Gasteiger partial charge in [-0.1, -0.05) is 0 Å². The Morgan fingerprint density at radius 1 is 1.46 bits per heavy atom. The number of ether oxygens (including phenoxy) is 1. The summed E-state index contributed by atoms with van der Waals surface area (Å²) in [6.45, 7) is -1.10. The number of hydrogen-bond donors (Lipinski definition) is 2. The van der Waals surface area contributed by atoms with Crippen LogP contribution in [0.15, 0.2) is 12.3 Å². The number of anilines is 1. The number of carbonyl (C=O) groups is 2. The first-order valence-electron chi connectivity index (χ1n) is 7.06. The molecule has 1 atom stereocenters. The average Bonchev–Trinajstić information content (AvgIpc) is 2.53. The first kappa shape index (κ1) is 17.8. The maximum absolute atomic E-state index is 12.1. The second-order valence-corrected chi connectivity index (χ2v) is 5.18. The Morgan fingerprint density at radius 3 is 2.88 bits per heavy atom. The molecule has 24 heavy (non-hydrogen) atoms. The van der Waals surface area contributed by atoms with Gasteiger partial charge in [0.25, 0.3) is 0 Å². The van der Waals surface area contributed by atoms with E-state index >= 15 is 0 Å². The van der Waals surface area contributed by atoms with Gasteiger partial charge < -0.3 is 14.7 Å². The van der Waals surface area contributed by atoms with E-state index in [-0.39, 0.29) is 12.4 Å². The van der Waals surface area contributed by atoms with Crippen molar-refractivity contribution >= 4 is 17.8 Å². The molecule has 2 amide bonds. The maximum atomic E-state index is 12.1. The summed E-state index contributed by atoms with van der Waals surface area (Å²) < 4.78 is 40.7. The van der Waals surface area contributed by atoms with Crippen molar-refractivity contribution in [3.63, 3.8) is 0 Å². The first-order chi connectivity index (χ1) is 11.2. The minimum atomic E-state index is -4.53. The zero-order valence-corrected chi connectivity index (χ0v) is 12.4. The van der Waals surface area contributed by atoms with Crippen LogP contribution in [0, 0.1) is 5.92 Å². The van der Waals surface area contributed by atoms with Crippen molar-refractivity contribution in [3.8, 4) is 6.01 Å². The molecule has 2 rings (SSSR count). The lowest BCUT2D eigenvalue weighted by Gasteiger charge is -2.30. The molecule has 11 heteroatoms. The number of carboxylic acids is 1. The number of rotatable bonds is 4. The lowest BCUT2D eigenvalue weighted by atomic mass is 9.99. The number of hydrogen-bond acceptors (Lipinski definition) is 5. The normalized spacial score (nSPS) is 18.1. The van der Waals surface area contributed by atoms with Crippen LogP contribution in [0.5, 0.6) is 6.01 Å². The van der Waals surface area contributed by atoms with Crippen molar-refractivity contribution in [2.75, 3.05) is 25.0 Å². The zero-order chi connectivity index (χ0) is 17.7. The summed E-state index contributed by atoms with van der Waals surface area (Å²) in [6.07, 6.45) is -2.34. The van der Waals surface area contributed by atoms with Gasteiger partial charge in [-0.3, -0.25) is 10.1 Å². The summed E-state index contributed by atoms with van der Waals surface area (Å²) in [5, 5.41) is 11.4. The highest BCUT2D eigenvalue weighted by Gasteiger charge is 2.30. The molecule has 0 spiro atoms. The number of carbonyl (C=O) groups excluding carboxylic acids is 1. The maximum Gasteiger partial charge on any atom is 0.422 e. The molecule has 1 aliphatic heterocycles. The summed E-state index contributed by atoms with van der Waals surface area (Å²) in [4.78, 5) is 31.6. The molecule has 1 aromatic heterocycles. The zero-order valence-electron chi connectivity index (χ0n) is 12.4. The molecule has 1 fully saturated rings. The molecule has 1 aliphatic rings. The Hall–Kier alpha value is -2.59. The van der Waals surface area contributed by atoms with Crippen LogP contribution >= 0.6 is 0 Å². The van der Waals surface area contributed by atoms with E-state index in [2.05, 4.69) is 20.0 Å². The Kier molecular flexibility index (Phi) is 5.42. The molecule has 1 aromatic rings. The molecule has 0 aliphatic carbocycles. The Labute approximate surface area is 134 Å². The highest BCUT2D eigenvalue weighted by molar-refractivity contribution is 5.88. The highest BCUT2D eigenvalue weighted by Crippen LogP contribution is 2.19. The largest absolute Gasteiger partial charge is 0.481 e. The molecular weight excluding hydrogens is 333 g/mol. The number of halogens is 3. The minimum absolute atomic E-state index is 0.0374. The van der Waals surface area contributed by atoms with E-state index in [0.29, 0.717) is 19.4 Å². The van der Waals surface area contributed by atoms with E-state index in [9.17, 15) is 22.8 Å². The van der Waals surface area contributed by atoms with E-state index in [1.54, 1.807) is 0 Å². The smallest absolute Gasteiger partial charge is 0.422 e. The number of alkyl halides is 3. The fraction of sp³-hybridized carbons (Fsp3) is 0.538. The van der Waals surface area contributed by atoms with Gasteiger partial charge in [0.15, 0.2) is 6.61 Å². The lowest BCUT2D eigenvalue weighted by Crippen LogP contribution is -2.44. The molecule has 0 bridgehead atoms. The van der Waals surface area contributed by atoms with Crippen LogP contribution in [0.4, 0.5) is 23.8 Å². The number of piperidine rings is 1. The lowest BCUT2D eigenvalue weighted by molar-refractivity contribution is -0.154. The van der Waals surface area contributed by atoms with Crippen molar-refractivity contribution in [3.05, 3.63) is 12.3 Å². The Morgan fingerprint density at radius 2 is 2.21 bits per heavy atom. The molecule has 2 N–H and O–H groups in total. The number of carboxylic acid groups (broad SMARTS) is 1. The second-order valence-electron chi connectivity index (χ2n) is 5.18. The third kappa shape index (κ3) is 5.25. The van der Waals surface area contributed by atoms with Gasteiger partial charge in [-0.25, -0.2) is 9.78 Å². The first-order valence-corrected chi connectivity index (χ1v) is 7.06. The third-order valence-corrected chi connectivity index (χ3v) is 3.29. The molecule has 0 aromatic carbocycles. The van der Waals surface area contributed by atoms with E-state index in [4.69, 9.17) is 5.11 Å². The van der Waals surface area contributed by atoms with E-state index in [1.807, 2.05) is 0 Å². The highest BCUT2D eigenvalue weighted by atomic mass is 19.4. The van der Waals surface area contributed by atoms with Gasteiger partial charge >= 0.3 is 24.2 Å². The number of aliphatic carboxylic acids is 1. The standard InChI is InChI=1S/C13H15F3N4O4/c14-13(15,16)7-24-11-17-4-3-9(18-11)19-12(23)20-5-1-2-8(6-20)10(21)22/h3-4,8H,1-2,5-7H2,(H,21,22)(H,17,18,19,23). The summed E-state index contributed by atoms with van der Waals surface area (Å²) in [7, 11) is 0. The van der Waals surface area contributed by atoms with Gasteiger partial charge in [0.1, 0.15) is 5.82 Å². The Bertz CT molecular complexity index is 611. The van der Waals surface area contributed by atoms with Gasteiger partial charge in [0.05, 0.1) is 5.92 Å². The molecular formula is C13H15F3N4O4. The number of amides is 2. The molecule has 0 saturated carbocycles. The van der Waals surface area contributed by atoms with Crippen molar-refractivity contribution in [1.82, 2.24) is 14.9 Å². The van der Waals surface area contributed by atoms with E-state index < -0.39 is 36.7 Å². The van der Waals surface area contributed by atoms with Crippen molar-refractivity contribution < 1.29 is 32.6 Å². The van der Waals surface area contributed by atoms with Crippen LogP contribution in [-0.4, -0.2) is 57.8 Å². The monoisotopic (exact) mass is 348 g/mol. The fourth-order valence-corrected chi connectivity index (χ4v) is 2.18. The second kappa shape index (κ2) is 7.32. The van der Waals surface area contributed by atoms with Gasteiger partial charge in [0.2, 0.25) is 0 Å². The molecule has 132 valence electrons. The third-order valence-electron chi connectivity index (χ3n) is 3.29. The molecule has 1 saturated heterocycles. The van der Waals surface area contributed by atoms with E-state index in [0.717, 1.165) is 6.20 Å². The molecule has 2 heterocycles. The molecule has 8 nitrogen and oxygen atoms in total. The van der Waals surface area contributed by atoms with Crippen LogP contribution in [-0.2, 0) is 4.79 Å².